The van der Waals surface area contributed by atoms with Gasteiger partial charge in [-0.25, -0.2) is 0 Å². The minimum Gasteiger partial charge on any atom is -0.289 e. The van der Waals surface area contributed by atoms with Crippen molar-refractivity contribution in [1.29, 1.82) is 0 Å². The zero-order valence-electron chi connectivity index (χ0n) is 10.6. The zero-order chi connectivity index (χ0) is 13.7. The van der Waals surface area contributed by atoms with Crippen LogP contribution in [-0.4, -0.2) is 11.6 Å². The largest absolute Gasteiger partial charge is 0.289 e. The Morgan fingerprint density at radius 2 is 0.950 bits per heavy atom. The van der Waals surface area contributed by atoms with Crippen LogP contribution >= 0.6 is 0 Å². The van der Waals surface area contributed by atoms with Gasteiger partial charge in [0, 0.05) is 27.6 Å². The third-order valence-corrected chi connectivity index (χ3v) is 3.81. The van der Waals surface area contributed by atoms with Crippen molar-refractivity contribution < 1.29 is 9.59 Å². The Labute approximate surface area is 115 Å². The van der Waals surface area contributed by atoms with Gasteiger partial charge >= 0.3 is 0 Å². The lowest BCUT2D eigenvalue weighted by atomic mass is 9.97. The van der Waals surface area contributed by atoms with E-state index in [-0.39, 0.29) is 11.6 Å². The van der Waals surface area contributed by atoms with E-state index in [1.807, 2.05) is 24.3 Å². The van der Waals surface area contributed by atoms with E-state index >= 15 is 0 Å². The molecule has 94 valence electrons. The van der Waals surface area contributed by atoms with E-state index in [1.54, 1.807) is 36.4 Å². The molecule has 0 aromatic heterocycles. The lowest BCUT2D eigenvalue weighted by molar-refractivity contribution is 0.101. The minimum absolute atomic E-state index is 0.0792. The van der Waals surface area contributed by atoms with E-state index in [1.165, 1.54) is 0 Å². The summed E-state index contributed by atoms with van der Waals surface area (Å²) < 4.78 is 0. The summed E-state index contributed by atoms with van der Waals surface area (Å²) in [4.78, 5) is 25.4. The maximum atomic E-state index is 12.7. The lowest BCUT2D eigenvalue weighted by Gasteiger charge is -2.05. The van der Waals surface area contributed by atoms with Crippen LogP contribution < -0.4 is 0 Å². The molecule has 0 radical (unpaired) electrons. The molecule has 20 heavy (non-hydrogen) atoms. The summed E-state index contributed by atoms with van der Waals surface area (Å²) in [6.07, 6.45) is 0. The molecule has 0 amide bonds. The van der Waals surface area contributed by atoms with E-state index < -0.39 is 0 Å². The number of fused-ring (bicyclic) bond motifs is 1. The number of carbonyl (C=O) groups is 2. The van der Waals surface area contributed by atoms with E-state index in [2.05, 4.69) is 0 Å². The average Bonchev–Trinajstić information content (AvgIpc) is 2.60. The molecule has 0 heterocycles. The van der Waals surface area contributed by atoms with E-state index in [4.69, 9.17) is 0 Å². The smallest absolute Gasteiger partial charge is 0.194 e. The predicted molar refractivity (Wildman–Crippen MR) is 77.3 cm³/mol. The van der Waals surface area contributed by atoms with Gasteiger partial charge in [-0.1, -0.05) is 60.7 Å². The molecular weight excluding hydrogens is 248 g/mol. The van der Waals surface area contributed by atoms with E-state index in [0.29, 0.717) is 22.3 Å². The van der Waals surface area contributed by atoms with Crippen LogP contribution in [0.15, 0.2) is 60.7 Å². The van der Waals surface area contributed by atoms with Gasteiger partial charge in [-0.2, -0.15) is 0 Å². The summed E-state index contributed by atoms with van der Waals surface area (Å²) in [5.41, 5.74) is 2.19. The van der Waals surface area contributed by atoms with Crippen molar-refractivity contribution in [2.24, 2.45) is 0 Å². The normalized spacial score (nSPS) is 13.2. The number of benzene rings is 3. The first-order valence-corrected chi connectivity index (χ1v) is 6.47. The Balaban J connectivity index is 2.24. The van der Waals surface area contributed by atoms with Gasteiger partial charge in [0.1, 0.15) is 0 Å². The van der Waals surface area contributed by atoms with Crippen molar-refractivity contribution in [3.05, 3.63) is 82.9 Å². The molecule has 0 fully saturated rings. The Bertz CT molecular complexity index is 821. The highest BCUT2D eigenvalue weighted by molar-refractivity contribution is 6.30. The van der Waals surface area contributed by atoms with Crippen LogP contribution in [0.3, 0.4) is 0 Å². The molecule has 2 nitrogen and oxygen atoms in total. The molecule has 0 aliphatic heterocycles. The Morgan fingerprint density at radius 1 is 0.500 bits per heavy atom. The topological polar surface area (TPSA) is 34.1 Å². The van der Waals surface area contributed by atoms with Gasteiger partial charge in [-0.3, -0.25) is 9.59 Å². The second-order valence-corrected chi connectivity index (χ2v) is 4.91. The van der Waals surface area contributed by atoms with Crippen LogP contribution in [0.5, 0.6) is 0 Å². The fourth-order valence-electron chi connectivity index (χ4n) is 2.89. The molecule has 0 saturated carbocycles. The Hall–Kier alpha value is -2.74. The van der Waals surface area contributed by atoms with Crippen molar-refractivity contribution in [3.63, 3.8) is 0 Å². The van der Waals surface area contributed by atoms with Gasteiger partial charge in [-0.05, 0) is 5.39 Å². The molecule has 0 N–H and O–H groups in total. The van der Waals surface area contributed by atoms with Crippen LogP contribution in [0.1, 0.15) is 31.8 Å². The fraction of sp³-hybridized carbons (Fsp3) is 0. The molecule has 1 aliphatic rings. The molecule has 0 bridgehead atoms. The quantitative estimate of drug-likeness (QED) is 0.483. The molecule has 0 spiro atoms. The van der Waals surface area contributed by atoms with E-state index in [9.17, 15) is 9.59 Å². The van der Waals surface area contributed by atoms with Crippen molar-refractivity contribution in [2.75, 3.05) is 0 Å². The summed E-state index contributed by atoms with van der Waals surface area (Å²) in [6, 6.07) is 18.2. The van der Waals surface area contributed by atoms with Crippen LogP contribution in [0, 0.1) is 0 Å². The number of ketones is 2. The Morgan fingerprint density at radius 3 is 1.45 bits per heavy atom. The third-order valence-electron chi connectivity index (χ3n) is 3.81. The first kappa shape index (κ1) is 11.1. The standard InChI is InChI=1S/C18H10O2/c19-17-12-7-1-2-8-13(12)18(20)15-10-4-6-11-5-3-9-14(17)16(11)15/h1-10H. The van der Waals surface area contributed by atoms with Gasteiger partial charge in [-0.15, -0.1) is 0 Å². The molecule has 3 aromatic carbocycles. The maximum Gasteiger partial charge on any atom is 0.194 e. The van der Waals surface area contributed by atoms with Gasteiger partial charge in [0.05, 0.1) is 0 Å². The molecule has 2 heteroatoms. The number of rotatable bonds is 0. The fourth-order valence-corrected chi connectivity index (χ4v) is 2.89. The third kappa shape index (κ3) is 1.33. The predicted octanol–water partition coefficient (Wildman–Crippen LogP) is 3.62. The molecule has 0 unspecified atom stereocenters. The highest BCUT2D eigenvalue weighted by Crippen LogP contribution is 2.31. The molecule has 0 saturated heterocycles. The summed E-state index contributed by atoms with van der Waals surface area (Å²) in [7, 11) is 0. The number of hydrogen-bond acceptors (Lipinski definition) is 2. The van der Waals surface area contributed by atoms with Gasteiger partial charge in [0.25, 0.3) is 0 Å². The van der Waals surface area contributed by atoms with Crippen molar-refractivity contribution in [3.8, 4) is 0 Å². The minimum atomic E-state index is -0.0792. The summed E-state index contributed by atoms with van der Waals surface area (Å²) in [5.74, 6) is -0.158. The second kappa shape index (κ2) is 3.87. The second-order valence-electron chi connectivity index (χ2n) is 4.91. The van der Waals surface area contributed by atoms with Crippen LogP contribution in [-0.2, 0) is 0 Å². The van der Waals surface area contributed by atoms with Gasteiger partial charge in [0.2, 0.25) is 0 Å². The first-order valence-electron chi connectivity index (χ1n) is 6.47. The van der Waals surface area contributed by atoms with Gasteiger partial charge in [0.15, 0.2) is 11.6 Å². The summed E-state index contributed by atoms with van der Waals surface area (Å²) in [6.45, 7) is 0. The highest BCUT2D eigenvalue weighted by Gasteiger charge is 2.26. The number of hydrogen-bond donors (Lipinski definition) is 0. The summed E-state index contributed by atoms with van der Waals surface area (Å²) in [5, 5.41) is 1.69. The van der Waals surface area contributed by atoms with Crippen molar-refractivity contribution >= 4 is 22.3 Å². The molecule has 0 atom stereocenters. The zero-order valence-corrected chi connectivity index (χ0v) is 10.6. The van der Waals surface area contributed by atoms with E-state index in [0.717, 1.165) is 10.8 Å². The average molecular weight is 258 g/mol. The first-order chi connectivity index (χ1) is 9.77. The molecule has 3 aromatic rings. The maximum absolute atomic E-state index is 12.7. The lowest BCUT2D eigenvalue weighted by Crippen LogP contribution is -2.06. The number of carbonyl (C=O) groups excluding carboxylic acids is 2. The van der Waals surface area contributed by atoms with Crippen molar-refractivity contribution in [2.45, 2.75) is 0 Å². The molecule has 4 rings (SSSR count). The van der Waals surface area contributed by atoms with Crippen LogP contribution in [0.4, 0.5) is 0 Å². The van der Waals surface area contributed by atoms with Crippen molar-refractivity contribution in [1.82, 2.24) is 0 Å². The van der Waals surface area contributed by atoms with Crippen LogP contribution in [0.25, 0.3) is 10.8 Å². The van der Waals surface area contributed by atoms with Crippen LogP contribution in [0.2, 0.25) is 0 Å². The SMILES string of the molecule is O=C1c2ccccc2C(=O)c2cccc3cccc1c23. The Kier molecular flexibility index (Phi) is 2.15. The summed E-state index contributed by atoms with van der Waals surface area (Å²) >= 11 is 0. The monoisotopic (exact) mass is 258 g/mol. The van der Waals surface area contributed by atoms with Gasteiger partial charge < -0.3 is 0 Å². The highest BCUT2D eigenvalue weighted by atomic mass is 16.1. The molecule has 1 aliphatic carbocycles. The molecular formula is C18H10O2.